The highest BCUT2D eigenvalue weighted by Gasteiger charge is 2.26. The number of fused-ring (bicyclic) bond motifs is 1. The molecule has 2 aliphatic heterocycles. The van der Waals surface area contributed by atoms with Gasteiger partial charge in [-0.05, 0) is 89.0 Å². The predicted octanol–water partition coefficient (Wildman–Crippen LogP) is 4.63. The fourth-order valence-corrected chi connectivity index (χ4v) is 3.94. The average Bonchev–Trinajstić information content (AvgIpc) is 2.64. The number of anilines is 1. The summed E-state index contributed by atoms with van der Waals surface area (Å²) in [6, 6.07) is 5.93. The lowest BCUT2D eigenvalue weighted by molar-refractivity contribution is 0.0179. The molecule has 1 N–H and O–H groups in total. The lowest BCUT2D eigenvalue weighted by atomic mass is 9.92. The molecule has 0 atom stereocenters. The van der Waals surface area contributed by atoms with E-state index in [1.807, 2.05) is 37.8 Å². The van der Waals surface area contributed by atoms with E-state index in [2.05, 4.69) is 6.07 Å². The SMILES string of the molecule is CC(C)(C)OC(=O)N1CCC(CCCOc2ccc3c(c2)CCCN3O)CC1. The number of hydrogen-bond acceptors (Lipinski definition) is 5. The summed E-state index contributed by atoms with van der Waals surface area (Å²) in [5.74, 6) is 1.53. The minimum atomic E-state index is -0.433. The molecule has 1 amide bonds. The highest BCUT2D eigenvalue weighted by molar-refractivity contribution is 5.68. The van der Waals surface area contributed by atoms with Crippen LogP contribution in [0, 0.1) is 5.92 Å². The van der Waals surface area contributed by atoms with Gasteiger partial charge in [0, 0.05) is 19.6 Å². The Balaban J connectivity index is 1.35. The summed E-state index contributed by atoms with van der Waals surface area (Å²) in [5, 5.41) is 11.2. The molecule has 0 bridgehead atoms. The molecule has 3 rings (SSSR count). The maximum atomic E-state index is 12.1. The van der Waals surface area contributed by atoms with Gasteiger partial charge < -0.3 is 14.4 Å². The van der Waals surface area contributed by atoms with Gasteiger partial charge in [-0.3, -0.25) is 10.3 Å². The van der Waals surface area contributed by atoms with E-state index in [1.165, 1.54) is 5.06 Å². The second-order valence-corrected chi connectivity index (χ2v) is 8.92. The zero-order chi connectivity index (χ0) is 20.1. The van der Waals surface area contributed by atoms with Crippen LogP contribution in [0.1, 0.15) is 58.4 Å². The van der Waals surface area contributed by atoms with Crippen molar-refractivity contribution in [2.45, 2.75) is 64.9 Å². The lowest BCUT2D eigenvalue weighted by Crippen LogP contribution is -2.41. The Labute approximate surface area is 168 Å². The first-order chi connectivity index (χ1) is 13.3. The van der Waals surface area contributed by atoms with E-state index < -0.39 is 5.60 Å². The van der Waals surface area contributed by atoms with Crippen LogP contribution in [-0.2, 0) is 11.2 Å². The van der Waals surface area contributed by atoms with Gasteiger partial charge in [-0.2, -0.15) is 0 Å². The first-order valence-electron chi connectivity index (χ1n) is 10.5. The van der Waals surface area contributed by atoms with Crippen LogP contribution in [0.25, 0.3) is 0 Å². The van der Waals surface area contributed by atoms with Crippen molar-refractivity contribution >= 4 is 11.8 Å². The van der Waals surface area contributed by atoms with Gasteiger partial charge in [-0.25, -0.2) is 4.79 Å². The molecule has 0 radical (unpaired) electrons. The van der Waals surface area contributed by atoms with Crippen molar-refractivity contribution in [1.29, 1.82) is 0 Å². The van der Waals surface area contributed by atoms with E-state index in [0.29, 0.717) is 19.1 Å². The molecule has 6 heteroatoms. The van der Waals surface area contributed by atoms with Crippen LogP contribution < -0.4 is 9.80 Å². The van der Waals surface area contributed by atoms with Gasteiger partial charge in [0.2, 0.25) is 0 Å². The number of carbonyl (C=O) groups is 1. The maximum Gasteiger partial charge on any atom is 0.410 e. The summed E-state index contributed by atoms with van der Waals surface area (Å²) >= 11 is 0. The third-order valence-corrected chi connectivity index (χ3v) is 5.44. The van der Waals surface area contributed by atoms with E-state index in [1.54, 1.807) is 0 Å². The topological polar surface area (TPSA) is 62.2 Å². The molecule has 1 fully saturated rings. The number of carbonyl (C=O) groups excluding carboxylic acids is 1. The number of rotatable bonds is 5. The second kappa shape index (κ2) is 9.03. The highest BCUT2D eigenvalue weighted by atomic mass is 16.6. The molecule has 1 aromatic carbocycles. The Morgan fingerprint density at radius 1 is 1.21 bits per heavy atom. The molecule has 2 aliphatic rings. The van der Waals surface area contributed by atoms with E-state index >= 15 is 0 Å². The van der Waals surface area contributed by atoms with Gasteiger partial charge in [0.1, 0.15) is 11.4 Å². The van der Waals surface area contributed by atoms with Crippen LogP contribution in [0.3, 0.4) is 0 Å². The summed E-state index contributed by atoms with van der Waals surface area (Å²) in [6.45, 7) is 8.67. The zero-order valence-corrected chi connectivity index (χ0v) is 17.4. The van der Waals surface area contributed by atoms with Crippen LogP contribution in [0.4, 0.5) is 10.5 Å². The van der Waals surface area contributed by atoms with Gasteiger partial charge in [-0.1, -0.05) is 0 Å². The van der Waals surface area contributed by atoms with Crippen LogP contribution in [-0.4, -0.2) is 48.0 Å². The van der Waals surface area contributed by atoms with Gasteiger partial charge in [0.25, 0.3) is 0 Å². The maximum absolute atomic E-state index is 12.1. The Bertz CT molecular complexity index is 663. The molecule has 156 valence electrons. The van der Waals surface area contributed by atoms with Crippen LogP contribution in [0.15, 0.2) is 18.2 Å². The van der Waals surface area contributed by atoms with Crippen molar-refractivity contribution in [2.75, 3.05) is 31.3 Å². The quantitative estimate of drug-likeness (QED) is 0.743. The summed E-state index contributed by atoms with van der Waals surface area (Å²) in [5.41, 5.74) is 1.62. The molecule has 0 unspecified atom stereocenters. The zero-order valence-electron chi connectivity index (χ0n) is 17.4. The second-order valence-electron chi connectivity index (χ2n) is 8.92. The van der Waals surface area contributed by atoms with E-state index in [-0.39, 0.29) is 6.09 Å². The molecule has 6 nitrogen and oxygen atoms in total. The number of hydroxylamine groups is 1. The first kappa shape index (κ1) is 20.8. The van der Waals surface area contributed by atoms with Crippen molar-refractivity contribution in [3.05, 3.63) is 23.8 Å². The molecule has 0 aromatic heterocycles. The molecule has 0 spiro atoms. The largest absolute Gasteiger partial charge is 0.494 e. The summed E-state index contributed by atoms with van der Waals surface area (Å²) in [7, 11) is 0. The molecule has 0 saturated carbocycles. The monoisotopic (exact) mass is 390 g/mol. The third-order valence-electron chi connectivity index (χ3n) is 5.44. The number of amides is 1. The molecular formula is C22H34N2O4. The van der Waals surface area contributed by atoms with Crippen LogP contribution in [0.2, 0.25) is 0 Å². The minimum absolute atomic E-state index is 0.192. The fourth-order valence-electron chi connectivity index (χ4n) is 3.94. The summed E-state index contributed by atoms with van der Waals surface area (Å²) in [6.07, 6.45) is 5.96. The molecule has 1 aromatic rings. The number of benzene rings is 1. The van der Waals surface area contributed by atoms with Gasteiger partial charge in [0.05, 0.1) is 12.3 Å². The number of hydrogen-bond donors (Lipinski definition) is 1. The van der Waals surface area contributed by atoms with Crippen molar-refractivity contribution < 1.29 is 19.5 Å². The Hall–Kier alpha value is -1.95. The van der Waals surface area contributed by atoms with E-state index in [9.17, 15) is 10.0 Å². The van der Waals surface area contributed by atoms with Gasteiger partial charge in [0.15, 0.2) is 0 Å². The molecule has 28 heavy (non-hydrogen) atoms. The van der Waals surface area contributed by atoms with Crippen molar-refractivity contribution in [1.82, 2.24) is 4.90 Å². The lowest BCUT2D eigenvalue weighted by Gasteiger charge is -2.33. The predicted molar refractivity (Wildman–Crippen MR) is 109 cm³/mol. The van der Waals surface area contributed by atoms with Gasteiger partial charge in [-0.15, -0.1) is 0 Å². The Morgan fingerprint density at radius 2 is 1.96 bits per heavy atom. The number of piperidine rings is 1. The minimum Gasteiger partial charge on any atom is -0.494 e. The summed E-state index contributed by atoms with van der Waals surface area (Å²) < 4.78 is 11.4. The number of likely N-dealkylation sites (tertiary alicyclic amines) is 1. The van der Waals surface area contributed by atoms with E-state index in [4.69, 9.17) is 9.47 Å². The summed E-state index contributed by atoms with van der Waals surface area (Å²) in [4.78, 5) is 14.0. The first-order valence-corrected chi connectivity index (χ1v) is 10.5. The molecular weight excluding hydrogens is 356 g/mol. The molecule has 1 saturated heterocycles. The standard InChI is InChI=1S/C22H34N2O4/c1-22(2,3)28-21(25)23-13-10-17(11-14-23)6-5-15-27-19-8-9-20-18(16-19)7-4-12-24(20)26/h8-9,16-17,26H,4-7,10-15H2,1-3H3. The van der Waals surface area contributed by atoms with Crippen LogP contribution >= 0.6 is 0 Å². The molecule has 2 heterocycles. The van der Waals surface area contributed by atoms with Crippen LogP contribution in [0.5, 0.6) is 5.75 Å². The Morgan fingerprint density at radius 3 is 2.68 bits per heavy atom. The third kappa shape index (κ3) is 5.77. The normalized spacial score (nSPS) is 18.0. The van der Waals surface area contributed by atoms with Gasteiger partial charge >= 0.3 is 6.09 Å². The highest BCUT2D eigenvalue weighted by Crippen LogP contribution is 2.29. The Kier molecular flexibility index (Phi) is 6.70. The van der Waals surface area contributed by atoms with E-state index in [0.717, 1.165) is 68.6 Å². The number of nitrogens with zero attached hydrogens (tertiary/aromatic N) is 2. The average molecular weight is 391 g/mol. The number of aryl methyl sites for hydroxylation is 1. The van der Waals surface area contributed by atoms with Crippen molar-refractivity contribution in [3.63, 3.8) is 0 Å². The van der Waals surface area contributed by atoms with Crippen molar-refractivity contribution in [3.8, 4) is 5.75 Å². The van der Waals surface area contributed by atoms with Crippen molar-refractivity contribution in [2.24, 2.45) is 5.92 Å². The fraction of sp³-hybridized carbons (Fsp3) is 0.682. The smallest absolute Gasteiger partial charge is 0.410 e. The number of ether oxygens (including phenoxy) is 2. The molecule has 0 aliphatic carbocycles.